The number of nitrogens with zero attached hydrogens (tertiary/aromatic N) is 3. The lowest BCUT2D eigenvalue weighted by Gasteiger charge is -2.63. The molecular formula is C47H85N3O7. The predicted octanol–water partition coefficient (Wildman–Crippen LogP) is 9.81. The van der Waals surface area contributed by atoms with E-state index in [0.29, 0.717) is 54.8 Å². The van der Waals surface area contributed by atoms with Gasteiger partial charge in [0, 0.05) is 58.7 Å². The standard InChI is InChI=1S/C40H63N3O6.3C2H6.CH4O/c1-25(2)33(49-35(46)42-17-8-18-42)28-10-9-27-29(47-28)23-38(7)31-12-11-30-36(4,5)32(48-34(45)43-21-19-41(20-22-43)26(3)44)13-14-39(30)24-40(31,39)16-15-37(27,38)6;4*1-2/h25,27-33H,8-24H2,1-7H3;3*1-2H3;2H,1H3/t27?,28?,29?,30?,31?,32-,33+,37?,38-,39?,40-;;;;/m0..../s1. The van der Waals surface area contributed by atoms with E-state index in [0.717, 1.165) is 45.9 Å². The molecule has 8 fully saturated rings. The highest BCUT2D eigenvalue weighted by Crippen LogP contribution is 2.89. The average Bonchev–Trinajstić information content (AvgIpc) is 3.80. The average molecular weight is 804 g/mol. The minimum absolute atomic E-state index is 0.0207. The van der Waals surface area contributed by atoms with Gasteiger partial charge in [-0.25, -0.2) is 9.59 Å². The van der Waals surface area contributed by atoms with Gasteiger partial charge in [0.15, 0.2) is 0 Å². The zero-order valence-corrected chi connectivity index (χ0v) is 38.9. The molecule has 3 heterocycles. The van der Waals surface area contributed by atoms with Gasteiger partial charge in [-0.2, -0.15) is 0 Å². The van der Waals surface area contributed by atoms with Gasteiger partial charge in [0.1, 0.15) is 12.2 Å². The highest BCUT2D eigenvalue weighted by atomic mass is 16.6. The van der Waals surface area contributed by atoms with Crippen molar-refractivity contribution >= 4 is 18.1 Å². The second-order valence-corrected chi connectivity index (χ2v) is 19.3. The van der Waals surface area contributed by atoms with Crippen LogP contribution in [-0.2, 0) is 19.0 Å². The Morgan fingerprint density at radius 1 is 0.684 bits per heavy atom. The van der Waals surface area contributed by atoms with E-state index in [4.69, 9.17) is 19.3 Å². The first-order chi connectivity index (χ1) is 27.2. The van der Waals surface area contributed by atoms with Crippen molar-refractivity contribution in [3.05, 3.63) is 0 Å². The monoisotopic (exact) mass is 804 g/mol. The minimum atomic E-state index is -0.195. The molecule has 0 aromatic carbocycles. The maximum atomic E-state index is 13.4. The lowest BCUT2D eigenvalue weighted by atomic mass is 9.42. The molecule has 3 aliphatic heterocycles. The molecule has 7 unspecified atom stereocenters. The summed E-state index contributed by atoms with van der Waals surface area (Å²) in [6.07, 6.45) is 12.5. The number of aliphatic hydroxyl groups is 1. The van der Waals surface area contributed by atoms with Gasteiger partial charge in [-0.15, -0.1) is 0 Å². The first-order valence-electron chi connectivity index (χ1n) is 23.4. The number of ether oxygens (including phenoxy) is 3. The van der Waals surface area contributed by atoms with Crippen molar-refractivity contribution in [1.82, 2.24) is 14.7 Å². The van der Waals surface area contributed by atoms with E-state index in [1.807, 2.05) is 56.2 Å². The topological polar surface area (TPSA) is 109 Å². The molecule has 330 valence electrons. The van der Waals surface area contributed by atoms with Crippen LogP contribution in [0.4, 0.5) is 9.59 Å². The molecule has 11 atom stereocenters. The predicted molar refractivity (Wildman–Crippen MR) is 228 cm³/mol. The Labute approximate surface area is 347 Å². The minimum Gasteiger partial charge on any atom is -0.446 e. The molecule has 0 aromatic rings. The summed E-state index contributed by atoms with van der Waals surface area (Å²) in [6, 6.07) is 0. The Hall–Kier alpha value is -2.07. The van der Waals surface area contributed by atoms with Crippen LogP contribution in [0.15, 0.2) is 0 Å². The quantitative estimate of drug-likeness (QED) is 0.302. The summed E-state index contributed by atoms with van der Waals surface area (Å²) in [5.41, 5.74) is 1.21. The van der Waals surface area contributed by atoms with Crippen molar-refractivity contribution in [1.29, 1.82) is 0 Å². The fraction of sp³-hybridized carbons (Fsp3) is 0.936. The molecule has 57 heavy (non-hydrogen) atoms. The van der Waals surface area contributed by atoms with E-state index >= 15 is 0 Å². The maximum absolute atomic E-state index is 13.4. The first-order valence-corrected chi connectivity index (χ1v) is 23.4. The van der Waals surface area contributed by atoms with Crippen molar-refractivity contribution in [3.63, 3.8) is 0 Å². The summed E-state index contributed by atoms with van der Waals surface area (Å²) in [4.78, 5) is 43.5. The normalized spacial score (nSPS) is 39.5. The number of amides is 3. The van der Waals surface area contributed by atoms with Crippen LogP contribution in [0.1, 0.15) is 161 Å². The van der Waals surface area contributed by atoms with Crippen LogP contribution in [0.3, 0.4) is 0 Å². The number of likely N-dealkylation sites (tertiary alicyclic amines) is 1. The zero-order valence-electron chi connectivity index (χ0n) is 38.9. The molecular weight excluding hydrogens is 719 g/mol. The molecule has 3 saturated heterocycles. The number of carbonyl (C=O) groups excluding carboxylic acids is 3. The van der Waals surface area contributed by atoms with E-state index in [2.05, 4.69) is 41.5 Å². The number of fused-ring (bicyclic) bond motifs is 4. The molecule has 5 saturated carbocycles. The maximum Gasteiger partial charge on any atom is 0.410 e. The highest BCUT2D eigenvalue weighted by molar-refractivity contribution is 5.74. The van der Waals surface area contributed by atoms with Crippen molar-refractivity contribution in [2.24, 2.45) is 50.7 Å². The number of piperazine rings is 1. The molecule has 10 nitrogen and oxygen atoms in total. The second-order valence-electron chi connectivity index (χ2n) is 19.3. The van der Waals surface area contributed by atoms with Gasteiger partial charge >= 0.3 is 12.2 Å². The Bertz CT molecular complexity index is 1360. The van der Waals surface area contributed by atoms with Gasteiger partial charge in [-0.3, -0.25) is 4.79 Å². The van der Waals surface area contributed by atoms with Crippen molar-refractivity contribution in [3.8, 4) is 0 Å². The largest absolute Gasteiger partial charge is 0.446 e. The Morgan fingerprint density at radius 2 is 1.25 bits per heavy atom. The third-order valence-corrected chi connectivity index (χ3v) is 16.9. The van der Waals surface area contributed by atoms with Crippen molar-refractivity contribution in [2.75, 3.05) is 46.4 Å². The summed E-state index contributed by atoms with van der Waals surface area (Å²) in [6.45, 7) is 31.9. The Kier molecular flexibility index (Phi) is 15.6. The fourth-order valence-corrected chi connectivity index (χ4v) is 14.0. The summed E-state index contributed by atoms with van der Waals surface area (Å²) in [5, 5.41) is 7.00. The molecule has 3 amide bonds. The van der Waals surface area contributed by atoms with Gasteiger partial charge in [-0.05, 0) is 116 Å². The number of hydrogen-bond donors (Lipinski definition) is 1. The van der Waals surface area contributed by atoms with Crippen LogP contribution in [0.2, 0.25) is 0 Å². The summed E-state index contributed by atoms with van der Waals surface area (Å²) < 4.78 is 19.6. The summed E-state index contributed by atoms with van der Waals surface area (Å²) in [5.74, 6) is 2.15. The summed E-state index contributed by atoms with van der Waals surface area (Å²) >= 11 is 0. The van der Waals surface area contributed by atoms with Crippen LogP contribution in [0, 0.1) is 50.7 Å². The molecule has 1 N–H and O–H groups in total. The second kappa shape index (κ2) is 18.7. The Morgan fingerprint density at radius 3 is 1.81 bits per heavy atom. The molecule has 10 heteroatoms. The number of rotatable bonds is 4. The lowest BCUT2D eigenvalue weighted by Crippen LogP contribution is -2.58. The molecule has 0 aromatic heterocycles. The lowest BCUT2D eigenvalue weighted by molar-refractivity contribution is -0.166. The molecule has 8 aliphatic rings. The van der Waals surface area contributed by atoms with Crippen molar-refractivity contribution < 1.29 is 33.7 Å². The van der Waals surface area contributed by atoms with Crippen LogP contribution < -0.4 is 0 Å². The highest BCUT2D eigenvalue weighted by Gasteiger charge is 2.83. The number of aliphatic hydroxyl groups excluding tert-OH is 1. The van der Waals surface area contributed by atoms with Crippen molar-refractivity contribution in [2.45, 2.75) is 185 Å². The smallest absolute Gasteiger partial charge is 0.410 e. The van der Waals surface area contributed by atoms with Gasteiger partial charge in [0.05, 0.1) is 12.2 Å². The van der Waals surface area contributed by atoms with Gasteiger partial charge in [0.2, 0.25) is 5.91 Å². The number of hydrogen-bond acceptors (Lipinski definition) is 7. The molecule has 8 rings (SSSR count). The SMILES string of the molecule is CC.CC.CC.CC(=O)N1CCN(C(=O)O[C@H]2CCC34C[C@]35CCC3(C)C6CCC([C@H](OC(=O)N7CCC7)C(C)C)OC6C[C@@]3(C)C5CCC4C2(C)C)CC1.CO. The summed E-state index contributed by atoms with van der Waals surface area (Å²) in [7, 11) is 1.00. The van der Waals surface area contributed by atoms with E-state index in [-0.39, 0.29) is 64.7 Å². The molecule has 0 bridgehead atoms. The van der Waals surface area contributed by atoms with Gasteiger partial charge in [-0.1, -0.05) is 83.1 Å². The molecule has 5 aliphatic carbocycles. The molecule has 0 radical (unpaired) electrons. The van der Waals surface area contributed by atoms with Crippen LogP contribution in [0.25, 0.3) is 0 Å². The third kappa shape index (κ3) is 7.87. The Balaban J connectivity index is 0.000000849. The van der Waals surface area contributed by atoms with E-state index in [1.165, 1.54) is 44.9 Å². The zero-order chi connectivity index (χ0) is 42.7. The first kappa shape index (κ1) is 47.6. The van der Waals surface area contributed by atoms with Gasteiger partial charge in [0.25, 0.3) is 0 Å². The van der Waals surface area contributed by atoms with Gasteiger partial charge < -0.3 is 34.0 Å². The van der Waals surface area contributed by atoms with Crippen LogP contribution in [0.5, 0.6) is 0 Å². The van der Waals surface area contributed by atoms with E-state index in [1.54, 1.807) is 6.92 Å². The fourth-order valence-electron chi connectivity index (χ4n) is 14.0. The van der Waals surface area contributed by atoms with Crippen LogP contribution >= 0.6 is 0 Å². The van der Waals surface area contributed by atoms with E-state index in [9.17, 15) is 14.4 Å². The van der Waals surface area contributed by atoms with E-state index < -0.39 is 0 Å². The molecule has 2 spiro atoms. The third-order valence-electron chi connectivity index (χ3n) is 16.9. The van der Waals surface area contributed by atoms with Crippen LogP contribution in [-0.4, -0.2) is 109 Å². The number of carbonyl (C=O) groups is 3.